The van der Waals surface area contributed by atoms with Gasteiger partial charge >= 0.3 is 6.03 Å². The Hall–Kier alpha value is -3.22. The van der Waals surface area contributed by atoms with Crippen LogP contribution in [0.1, 0.15) is 43.2 Å². The number of anilines is 1. The number of fused-ring (bicyclic) bond motifs is 1. The third kappa shape index (κ3) is 4.29. The first-order chi connectivity index (χ1) is 14.0. The normalized spacial score (nSPS) is 14.7. The zero-order valence-electron chi connectivity index (χ0n) is 16.7. The summed E-state index contributed by atoms with van der Waals surface area (Å²) in [6.07, 6.45) is 7.14. The maximum absolute atomic E-state index is 12.3. The van der Waals surface area contributed by atoms with Crippen molar-refractivity contribution in [3.63, 3.8) is 0 Å². The first-order valence-corrected chi connectivity index (χ1v) is 10.0. The zero-order valence-corrected chi connectivity index (χ0v) is 16.7. The molecule has 0 bridgehead atoms. The molecule has 1 fully saturated rings. The maximum atomic E-state index is 12.3. The van der Waals surface area contributed by atoms with Crippen molar-refractivity contribution in [1.82, 2.24) is 20.3 Å². The maximum Gasteiger partial charge on any atom is 0.320 e. The topological polar surface area (TPSA) is 100 Å². The molecule has 7 heteroatoms. The minimum absolute atomic E-state index is 0.225. The predicted octanol–water partition coefficient (Wildman–Crippen LogP) is 4.47. The Balaban J connectivity index is 1.56. The van der Waals surface area contributed by atoms with Crippen LogP contribution in [-0.4, -0.2) is 32.1 Å². The average molecular weight is 391 g/mol. The number of aromatic nitrogens is 3. The molecule has 2 aromatic heterocycles. The number of nitrogens with zero attached hydrogens (tertiary/aromatic N) is 3. The fraction of sp³-hybridized carbons (Fsp3) is 0.364. The van der Waals surface area contributed by atoms with Crippen LogP contribution >= 0.6 is 0 Å². The first kappa shape index (κ1) is 19.1. The van der Waals surface area contributed by atoms with Gasteiger partial charge in [0.1, 0.15) is 11.3 Å². The van der Waals surface area contributed by atoms with Crippen molar-refractivity contribution in [3.05, 3.63) is 41.6 Å². The number of carbonyl (C=O) groups excluding carboxylic acids is 1. The molecule has 2 heterocycles. The zero-order chi connectivity index (χ0) is 20.4. The van der Waals surface area contributed by atoms with Gasteiger partial charge in [-0.25, -0.2) is 19.7 Å². The Morgan fingerprint density at radius 3 is 2.52 bits per heavy atom. The van der Waals surface area contributed by atoms with Gasteiger partial charge in [0.15, 0.2) is 11.5 Å². The number of phenolic OH excluding ortho intramolecular Hbond substituents is 1. The Bertz CT molecular complexity index is 1040. The summed E-state index contributed by atoms with van der Waals surface area (Å²) in [4.78, 5) is 25.7. The van der Waals surface area contributed by atoms with Gasteiger partial charge in [-0.3, -0.25) is 5.32 Å². The van der Waals surface area contributed by atoms with E-state index in [4.69, 9.17) is 0 Å². The van der Waals surface area contributed by atoms with Gasteiger partial charge in [-0.2, -0.15) is 0 Å². The van der Waals surface area contributed by atoms with Crippen molar-refractivity contribution < 1.29 is 9.90 Å². The monoisotopic (exact) mass is 391 g/mol. The number of aromatic hydroxyl groups is 1. The quantitative estimate of drug-likeness (QED) is 0.612. The van der Waals surface area contributed by atoms with Gasteiger partial charge in [0, 0.05) is 11.6 Å². The van der Waals surface area contributed by atoms with Crippen LogP contribution in [0.25, 0.3) is 22.4 Å². The van der Waals surface area contributed by atoms with Crippen molar-refractivity contribution in [2.24, 2.45) is 0 Å². The van der Waals surface area contributed by atoms with Gasteiger partial charge < -0.3 is 10.4 Å². The molecule has 1 aromatic carbocycles. The van der Waals surface area contributed by atoms with Gasteiger partial charge in [0.25, 0.3) is 0 Å². The summed E-state index contributed by atoms with van der Waals surface area (Å²) in [7, 11) is 0. The second-order valence-corrected chi connectivity index (χ2v) is 7.69. The summed E-state index contributed by atoms with van der Waals surface area (Å²) in [5, 5.41) is 15.8. The van der Waals surface area contributed by atoms with Gasteiger partial charge in [0.2, 0.25) is 0 Å². The molecule has 1 saturated carbocycles. The van der Waals surface area contributed by atoms with Gasteiger partial charge in [-0.1, -0.05) is 19.3 Å². The molecule has 1 aliphatic rings. The van der Waals surface area contributed by atoms with E-state index in [9.17, 15) is 9.90 Å². The predicted molar refractivity (Wildman–Crippen MR) is 113 cm³/mol. The lowest BCUT2D eigenvalue weighted by Crippen LogP contribution is -2.39. The van der Waals surface area contributed by atoms with E-state index in [0.717, 1.165) is 48.1 Å². The van der Waals surface area contributed by atoms with Gasteiger partial charge in [-0.15, -0.1) is 0 Å². The molecule has 7 nitrogen and oxygen atoms in total. The van der Waals surface area contributed by atoms with Gasteiger partial charge in [0.05, 0.1) is 11.9 Å². The molecule has 2 amide bonds. The lowest BCUT2D eigenvalue weighted by Gasteiger charge is -2.22. The fourth-order valence-electron chi connectivity index (χ4n) is 3.81. The van der Waals surface area contributed by atoms with Crippen LogP contribution in [-0.2, 0) is 0 Å². The molecule has 3 aromatic rings. The smallest absolute Gasteiger partial charge is 0.320 e. The highest BCUT2D eigenvalue weighted by atomic mass is 16.3. The standard InChI is InChI=1S/C22H25N5O2/c1-13-10-15(11-14(2)20(13)28)17-8-9-18-21(25-17)26-19(12-23-18)27-22(29)24-16-6-4-3-5-7-16/h8-12,16,28H,3-7H2,1-2H3,(H2,24,25,26,27,29). The highest BCUT2D eigenvalue weighted by Gasteiger charge is 2.16. The molecule has 0 unspecified atom stereocenters. The van der Waals surface area contributed by atoms with E-state index in [-0.39, 0.29) is 12.1 Å². The summed E-state index contributed by atoms with van der Waals surface area (Å²) < 4.78 is 0. The van der Waals surface area contributed by atoms with E-state index < -0.39 is 0 Å². The van der Waals surface area contributed by atoms with Crippen LogP contribution in [0.4, 0.5) is 10.6 Å². The van der Waals surface area contributed by atoms with Crippen LogP contribution in [0.3, 0.4) is 0 Å². The van der Waals surface area contributed by atoms with Crippen LogP contribution in [0, 0.1) is 13.8 Å². The van der Waals surface area contributed by atoms with Crippen LogP contribution < -0.4 is 10.6 Å². The number of carbonyl (C=O) groups is 1. The number of aryl methyl sites for hydroxylation is 2. The second kappa shape index (κ2) is 8.03. The number of nitrogens with one attached hydrogen (secondary N) is 2. The van der Waals surface area contributed by atoms with E-state index >= 15 is 0 Å². The number of amides is 2. The van der Waals surface area contributed by atoms with E-state index in [1.165, 1.54) is 6.42 Å². The highest BCUT2D eigenvalue weighted by molar-refractivity contribution is 5.89. The number of benzene rings is 1. The van der Waals surface area contributed by atoms with E-state index in [2.05, 4.69) is 25.6 Å². The first-order valence-electron chi connectivity index (χ1n) is 10.0. The third-order valence-electron chi connectivity index (χ3n) is 5.38. The fourth-order valence-corrected chi connectivity index (χ4v) is 3.81. The summed E-state index contributed by atoms with van der Waals surface area (Å²) >= 11 is 0. The molecule has 0 saturated heterocycles. The minimum Gasteiger partial charge on any atom is -0.507 e. The average Bonchev–Trinajstić information content (AvgIpc) is 2.71. The number of phenols is 1. The molecule has 0 aliphatic heterocycles. The summed E-state index contributed by atoms with van der Waals surface area (Å²) in [5.41, 5.74) is 4.34. The molecular weight excluding hydrogens is 366 g/mol. The molecule has 29 heavy (non-hydrogen) atoms. The van der Waals surface area contributed by atoms with Gasteiger partial charge in [-0.05, 0) is 62.1 Å². The molecule has 0 atom stereocenters. The third-order valence-corrected chi connectivity index (χ3v) is 5.38. The van der Waals surface area contributed by atoms with Crippen molar-refractivity contribution in [2.75, 3.05) is 5.32 Å². The van der Waals surface area contributed by atoms with E-state index in [0.29, 0.717) is 22.7 Å². The Morgan fingerprint density at radius 2 is 1.79 bits per heavy atom. The minimum atomic E-state index is -0.258. The Kier molecular flexibility index (Phi) is 5.29. The van der Waals surface area contributed by atoms with Crippen molar-refractivity contribution in [3.8, 4) is 17.0 Å². The van der Waals surface area contributed by atoms with Crippen LogP contribution in [0.2, 0.25) is 0 Å². The van der Waals surface area contributed by atoms with E-state index in [1.54, 1.807) is 6.20 Å². The number of hydrogen-bond acceptors (Lipinski definition) is 5. The summed E-state index contributed by atoms with van der Waals surface area (Å²) in [6.45, 7) is 3.72. The molecule has 0 spiro atoms. The van der Waals surface area contributed by atoms with E-state index in [1.807, 2.05) is 38.1 Å². The number of rotatable bonds is 3. The largest absolute Gasteiger partial charge is 0.507 e. The summed E-state index contributed by atoms with van der Waals surface area (Å²) in [6, 6.07) is 7.49. The number of pyridine rings is 1. The highest BCUT2D eigenvalue weighted by Crippen LogP contribution is 2.29. The second-order valence-electron chi connectivity index (χ2n) is 7.69. The molecule has 0 radical (unpaired) electrons. The van der Waals surface area contributed by atoms with Crippen molar-refractivity contribution in [2.45, 2.75) is 52.0 Å². The van der Waals surface area contributed by atoms with Crippen molar-refractivity contribution in [1.29, 1.82) is 0 Å². The lowest BCUT2D eigenvalue weighted by atomic mass is 9.96. The number of hydrogen-bond donors (Lipinski definition) is 3. The van der Waals surface area contributed by atoms with Crippen LogP contribution in [0.15, 0.2) is 30.5 Å². The Morgan fingerprint density at radius 1 is 1.07 bits per heavy atom. The lowest BCUT2D eigenvalue weighted by molar-refractivity contribution is 0.244. The Labute approximate surface area is 169 Å². The molecule has 1 aliphatic carbocycles. The molecule has 3 N–H and O–H groups in total. The van der Waals surface area contributed by atoms with Crippen LogP contribution in [0.5, 0.6) is 5.75 Å². The molecule has 4 rings (SSSR count). The summed E-state index contributed by atoms with van der Waals surface area (Å²) in [5.74, 6) is 0.665. The molecular formula is C22H25N5O2. The SMILES string of the molecule is Cc1cc(-c2ccc3ncc(NC(=O)NC4CCCCC4)nc3n2)cc(C)c1O. The van der Waals surface area contributed by atoms with Crippen molar-refractivity contribution >= 4 is 23.0 Å². The number of urea groups is 1. The molecule has 150 valence electrons.